The highest BCUT2D eigenvalue weighted by atomic mass is 16.5. The van der Waals surface area contributed by atoms with Crippen molar-refractivity contribution >= 4 is 22.5 Å². The van der Waals surface area contributed by atoms with E-state index >= 15 is 0 Å². The number of nitrogens with two attached hydrogens (primary N) is 1. The zero-order valence-corrected chi connectivity index (χ0v) is 16.6. The summed E-state index contributed by atoms with van der Waals surface area (Å²) in [5.41, 5.74) is 9.34. The first-order valence-electron chi connectivity index (χ1n) is 9.62. The Morgan fingerprint density at radius 3 is 2.52 bits per heavy atom. The summed E-state index contributed by atoms with van der Waals surface area (Å²) in [6.07, 6.45) is 4.92. The zero-order chi connectivity index (χ0) is 20.4. The maximum absolute atomic E-state index is 12.6. The number of ether oxygens (including phenoxy) is 2. The Hall–Kier alpha value is -3.35. The second-order valence-corrected chi connectivity index (χ2v) is 7.17. The molecule has 1 aromatic carbocycles. The SMILES string of the molecule is COc1cc2cc(N)c(C3CCN(C(=O)c4cccnc4)CC3)nc2cc1OC. The Kier molecular flexibility index (Phi) is 5.20. The largest absolute Gasteiger partial charge is 0.493 e. The van der Waals surface area contributed by atoms with Gasteiger partial charge >= 0.3 is 0 Å². The average molecular weight is 392 g/mol. The van der Waals surface area contributed by atoms with E-state index in [0.29, 0.717) is 35.8 Å². The van der Waals surface area contributed by atoms with Gasteiger partial charge in [0.15, 0.2) is 11.5 Å². The molecule has 2 aromatic heterocycles. The number of rotatable bonds is 4. The number of hydrogen-bond acceptors (Lipinski definition) is 6. The number of aromatic nitrogens is 2. The molecule has 1 fully saturated rings. The molecule has 2 N–H and O–H groups in total. The van der Waals surface area contributed by atoms with Crippen LogP contribution in [-0.4, -0.2) is 48.1 Å². The van der Waals surface area contributed by atoms with E-state index in [1.54, 1.807) is 38.7 Å². The van der Waals surface area contributed by atoms with Crippen LogP contribution in [-0.2, 0) is 0 Å². The molecule has 1 saturated heterocycles. The zero-order valence-electron chi connectivity index (χ0n) is 16.6. The molecule has 0 saturated carbocycles. The Balaban J connectivity index is 1.55. The van der Waals surface area contributed by atoms with Gasteiger partial charge in [-0.1, -0.05) is 0 Å². The van der Waals surface area contributed by atoms with Crippen LogP contribution < -0.4 is 15.2 Å². The maximum Gasteiger partial charge on any atom is 0.255 e. The van der Waals surface area contributed by atoms with Crippen molar-refractivity contribution in [2.75, 3.05) is 33.0 Å². The van der Waals surface area contributed by atoms with Crippen LogP contribution in [0.2, 0.25) is 0 Å². The fourth-order valence-corrected chi connectivity index (χ4v) is 3.89. The van der Waals surface area contributed by atoms with Crippen LogP contribution in [0.25, 0.3) is 10.9 Å². The van der Waals surface area contributed by atoms with Crippen molar-refractivity contribution in [3.63, 3.8) is 0 Å². The van der Waals surface area contributed by atoms with Crippen LogP contribution in [0.15, 0.2) is 42.7 Å². The molecule has 3 heterocycles. The summed E-state index contributed by atoms with van der Waals surface area (Å²) in [4.78, 5) is 23.4. The molecule has 0 aliphatic carbocycles. The molecule has 150 valence electrons. The van der Waals surface area contributed by atoms with E-state index in [9.17, 15) is 4.79 Å². The third-order valence-electron chi connectivity index (χ3n) is 5.46. The first-order chi connectivity index (χ1) is 14.1. The number of hydrogen-bond donors (Lipinski definition) is 1. The summed E-state index contributed by atoms with van der Waals surface area (Å²) in [5, 5.41) is 0.910. The minimum atomic E-state index is 0.0211. The van der Waals surface area contributed by atoms with E-state index in [2.05, 4.69) is 4.98 Å². The molecule has 0 spiro atoms. The van der Waals surface area contributed by atoms with Gasteiger partial charge in [-0.25, -0.2) is 0 Å². The number of nitrogen functional groups attached to an aromatic ring is 1. The van der Waals surface area contributed by atoms with E-state index < -0.39 is 0 Å². The third kappa shape index (κ3) is 3.68. The van der Waals surface area contributed by atoms with Crippen LogP contribution >= 0.6 is 0 Å². The lowest BCUT2D eigenvalue weighted by molar-refractivity contribution is 0.0712. The molecule has 0 atom stereocenters. The normalized spacial score (nSPS) is 14.8. The van der Waals surface area contributed by atoms with Crippen LogP contribution in [0.1, 0.15) is 34.8 Å². The number of pyridine rings is 2. The fourth-order valence-electron chi connectivity index (χ4n) is 3.89. The fraction of sp³-hybridized carbons (Fsp3) is 0.318. The van der Waals surface area contributed by atoms with Crippen molar-refractivity contribution in [3.8, 4) is 11.5 Å². The van der Waals surface area contributed by atoms with Gasteiger partial charge in [-0.15, -0.1) is 0 Å². The number of nitrogens with zero attached hydrogens (tertiary/aromatic N) is 3. The smallest absolute Gasteiger partial charge is 0.255 e. The average Bonchev–Trinajstić information content (AvgIpc) is 2.78. The lowest BCUT2D eigenvalue weighted by Gasteiger charge is -2.32. The summed E-state index contributed by atoms with van der Waals surface area (Å²) in [6.45, 7) is 1.34. The summed E-state index contributed by atoms with van der Waals surface area (Å²) in [5.74, 6) is 1.52. The van der Waals surface area contributed by atoms with Gasteiger partial charge in [0.05, 0.1) is 36.7 Å². The summed E-state index contributed by atoms with van der Waals surface area (Å²) in [6, 6.07) is 9.27. The number of piperidine rings is 1. The molecule has 0 bridgehead atoms. The number of benzene rings is 1. The number of likely N-dealkylation sites (tertiary alicyclic amines) is 1. The molecular formula is C22H24N4O3. The number of amides is 1. The van der Waals surface area contributed by atoms with E-state index in [1.807, 2.05) is 23.1 Å². The van der Waals surface area contributed by atoms with E-state index in [1.165, 1.54) is 0 Å². The van der Waals surface area contributed by atoms with Crippen LogP contribution in [0.4, 0.5) is 5.69 Å². The van der Waals surface area contributed by atoms with Crippen molar-refractivity contribution in [2.45, 2.75) is 18.8 Å². The standard InChI is InChI=1S/C22H24N4O3/c1-28-19-11-16-10-17(23)21(25-18(16)12-20(19)29-2)14-5-8-26(9-6-14)22(27)15-4-3-7-24-13-15/h3-4,7,10-14H,5-6,8-9,23H2,1-2H3. The molecular weight excluding hydrogens is 368 g/mol. The molecule has 3 aromatic rings. The third-order valence-corrected chi connectivity index (χ3v) is 5.46. The monoisotopic (exact) mass is 392 g/mol. The molecule has 7 heteroatoms. The Bertz CT molecular complexity index is 1030. The topological polar surface area (TPSA) is 90.6 Å². The molecule has 1 aliphatic heterocycles. The van der Waals surface area contributed by atoms with Crippen LogP contribution in [0.5, 0.6) is 11.5 Å². The first kappa shape index (κ1) is 19.0. The second-order valence-electron chi connectivity index (χ2n) is 7.17. The highest BCUT2D eigenvalue weighted by Crippen LogP contribution is 2.36. The number of methoxy groups -OCH3 is 2. The number of carbonyl (C=O) groups excluding carboxylic acids is 1. The Labute approximate surface area is 169 Å². The Morgan fingerprint density at radius 2 is 1.86 bits per heavy atom. The molecule has 1 aliphatic rings. The van der Waals surface area contributed by atoms with Gasteiger partial charge in [0.25, 0.3) is 5.91 Å². The van der Waals surface area contributed by atoms with Crippen molar-refractivity contribution in [3.05, 3.63) is 54.0 Å². The quantitative estimate of drug-likeness (QED) is 0.733. The van der Waals surface area contributed by atoms with Gasteiger partial charge in [0.1, 0.15) is 0 Å². The highest BCUT2D eigenvalue weighted by Gasteiger charge is 2.27. The van der Waals surface area contributed by atoms with Gasteiger partial charge < -0.3 is 20.1 Å². The minimum absolute atomic E-state index is 0.0211. The van der Waals surface area contributed by atoms with Crippen molar-refractivity contribution in [2.24, 2.45) is 0 Å². The van der Waals surface area contributed by atoms with Gasteiger partial charge in [0, 0.05) is 42.9 Å². The summed E-state index contributed by atoms with van der Waals surface area (Å²) < 4.78 is 10.8. The van der Waals surface area contributed by atoms with E-state index in [-0.39, 0.29) is 11.8 Å². The van der Waals surface area contributed by atoms with Gasteiger partial charge in [0.2, 0.25) is 0 Å². The molecule has 1 amide bonds. The molecule has 0 radical (unpaired) electrons. The maximum atomic E-state index is 12.6. The molecule has 7 nitrogen and oxygen atoms in total. The highest BCUT2D eigenvalue weighted by molar-refractivity contribution is 5.94. The Morgan fingerprint density at radius 1 is 1.14 bits per heavy atom. The van der Waals surface area contributed by atoms with E-state index in [0.717, 1.165) is 29.4 Å². The minimum Gasteiger partial charge on any atom is -0.493 e. The number of anilines is 1. The van der Waals surface area contributed by atoms with Gasteiger partial charge in [-0.3, -0.25) is 14.8 Å². The molecule has 0 unspecified atom stereocenters. The van der Waals surface area contributed by atoms with Crippen LogP contribution in [0.3, 0.4) is 0 Å². The summed E-state index contributed by atoms with van der Waals surface area (Å²) in [7, 11) is 3.21. The van der Waals surface area contributed by atoms with Crippen molar-refractivity contribution in [1.82, 2.24) is 14.9 Å². The first-order valence-corrected chi connectivity index (χ1v) is 9.62. The van der Waals surface area contributed by atoms with Crippen molar-refractivity contribution < 1.29 is 14.3 Å². The summed E-state index contributed by atoms with van der Waals surface area (Å²) >= 11 is 0. The molecule has 29 heavy (non-hydrogen) atoms. The number of carbonyl (C=O) groups is 1. The van der Waals surface area contributed by atoms with Crippen molar-refractivity contribution in [1.29, 1.82) is 0 Å². The second kappa shape index (κ2) is 7.95. The lowest BCUT2D eigenvalue weighted by Crippen LogP contribution is -2.38. The van der Waals surface area contributed by atoms with Crippen LogP contribution in [0, 0.1) is 0 Å². The number of fused-ring (bicyclic) bond motifs is 1. The predicted molar refractivity (Wildman–Crippen MR) is 111 cm³/mol. The van der Waals surface area contributed by atoms with E-state index in [4.69, 9.17) is 20.2 Å². The molecule has 4 rings (SSSR count). The van der Waals surface area contributed by atoms with Gasteiger partial charge in [-0.2, -0.15) is 0 Å². The van der Waals surface area contributed by atoms with Gasteiger partial charge in [-0.05, 0) is 37.1 Å². The lowest BCUT2D eigenvalue weighted by atomic mass is 9.91. The predicted octanol–water partition coefficient (Wildman–Crippen LogP) is 3.25.